The molecule has 0 N–H and O–H groups in total. The van der Waals surface area contributed by atoms with Crippen molar-refractivity contribution in [3.63, 3.8) is 0 Å². The SMILES string of the molecule is CC(C)(C)c1cc(Oc2cccc(N3CN(c4cc(C(C)(C)C)cc(C(C)(C)C)c4)c4ccccc43)c2)cc(-n2cc(C(C)(C)c3ccccc3)cn2)c1. The topological polar surface area (TPSA) is 33.5 Å². The van der Waals surface area contributed by atoms with E-state index >= 15 is 0 Å². The van der Waals surface area contributed by atoms with Crippen molar-refractivity contribution in [2.45, 2.75) is 97.8 Å². The van der Waals surface area contributed by atoms with Crippen LogP contribution in [-0.2, 0) is 21.7 Å². The fourth-order valence-corrected chi connectivity index (χ4v) is 7.16. The van der Waals surface area contributed by atoms with Gasteiger partial charge in [0, 0.05) is 40.7 Å². The van der Waals surface area contributed by atoms with Crippen LogP contribution in [0.1, 0.15) is 104 Å². The van der Waals surface area contributed by atoms with Crippen LogP contribution in [0.3, 0.4) is 0 Å². The van der Waals surface area contributed by atoms with Gasteiger partial charge in [0.25, 0.3) is 0 Å². The van der Waals surface area contributed by atoms with Gasteiger partial charge in [-0.05, 0) is 87.0 Å². The largest absolute Gasteiger partial charge is 0.457 e. The summed E-state index contributed by atoms with van der Waals surface area (Å²) >= 11 is 0. The van der Waals surface area contributed by atoms with Gasteiger partial charge in [-0.25, -0.2) is 4.68 Å². The summed E-state index contributed by atoms with van der Waals surface area (Å²) in [5.74, 6) is 1.57. The first kappa shape index (κ1) is 37.0. The summed E-state index contributed by atoms with van der Waals surface area (Å²) in [5, 5.41) is 4.86. The summed E-state index contributed by atoms with van der Waals surface area (Å²) in [7, 11) is 0. The minimum absolute atomic E-state index is 0.0310. The molecule has 1 aliphatic rings. The van der Waals surface area contributed by atoms with Crippen molar-refractivity contribution < 1.29 is 4.74 Å². The monoisotopic (exact) mass is 716 g/mol. The minimum Gasteiger partial charge on any atom is -0.457 e. The number of para-hydroxylation sites is 2. The predicted molar refractivity (Wildman–Crippen MR) is 227 cm³/mol. The van der Waals surface area contributed by atoms with E-state index in [1.54, 1.807) is 0 Å². The lowest BCUT2D eigenvalue weighted by atomic mass is 9.80. The second kappa shape index (κ2) is 13.5. The molecule has 278 valence electrons. The second-order valence-electron chi connectivity index (χ2n) is 18.5. The first-order valence-electron chi connectivity index (χ1n) is 19.2. The quantitative estimate of drug-likeness (QED) is 0.165. The van der Waals surface area contributed by atoms with Crippen LogP contribution in [0.15, 0.2) is 128 Å². The van der Waals surface area contributed by atoms with E-state index in [0.717, 1.165) is 28.4 Å². The third kappa shape index (κ3) is 7.42. The van der Waals surface area contributed by atoms with Crippen LogP contribution in [0.5, 0.6) is 11.5 Å². The molecule has 54 heavy (non-hydrogen) atoms. The number of hydrogen-bond acceptors (Lipinski definition) is 4. The molecule has 1 aromatic heterocycles. The van der Waals surface area contributed by atoms with Crippen LogP contribution in [0.25, 0.3) is 5.69 Å². The Kier molecular flexibility index (Phi) is 9.28. The summed E-state index contributed by atoms with van der Waals surface area (Å²) in [6.45, 7) is 25.7. The van der Waals surface area contributed by atoms with Crippen LogP contribution in [0.2, 0.25) is 0 Å². The number of fused-ring (bicyclic) bond motifs is 1. The van der Waals surface area contributed by atoms with Crippen molar-refractivity contribution in [2.24, 2.45) is 0 Å². The van der Waals surface area contributed by atoms with Gasteiger partial charge in [-0.1, -0.05) is 131 Å². The highest BCUT2D eigenvalue weighted by atomic mass is 16.5. The summed E-state index contributed by atoms with van der Waals surface area (Å²) in [6, 6.07) is 41.4. The molecule has 0 spiro atoms. The Morgan fingerprint density at radius 2 is 1.00 bits per heavy atom. The molecule has 5 aromatic carbocycles. The van der Waals surface area contributed by atoms with Gasteiger partial charge in [0.05, 0.1) is 23.3 Å². The van der Waals surface area contributed by atoms with Gasteiger partial charge in [0.2, 0.25) is 0 Å². The van der Waals surface area contributed by atoms with Crippen molar-refractivity contribution in [3.05, 3.63) is 155 Å². The van der Waals surface area contributed by atoms with Crippen LogP contribution in [0.4, 0.5) is 22.7 Å². The van der Waals surface area contributed by atoms with E-state index < -0.39 is 0 Å². The maximum Gasteiger partial charge on any atom is 0.129 e. The Morgan fingerprint density at radius 3 is 1.61 bits per heavy atom. The van der Waals surface area contributed by atoms with E-state index in [0.29, 0.717) is 6.67 Å². The summed E-state index contributed by atoms with van der Waals surface area (Å²) in [5.41, 5.74) is 11.7. The van der Waals surface area contributed by atoms with E-state index in [1.165, 1.54) is 39.3 Å². The number of hydrogen-bond donors (Lipinski definition) is 0. The number of benzene rings is 5. The average molecular weight is 717 g/mol. The highest BCUT2D eigenvalue weighted by molar-refractivity contribution is 5.87. The number of anilines is 4. The van der Waals surface area contributed by atoms with E-state index in [2.05, 4.69) is 201 Å². The zero-order valence-corrected chi connectivity index (χ0v) is 34.0. The normalized spacial score (nSPS) is 13.7. The molecule has 0 bridgehead atoms. The van der Waals surface area contributed by atoms with Crippen molar-refractivity contribution in [3.8, 4) is 17.2 Å². The Bertz CT molecular complexity index is 2250. The first-order valence-corrected chi connectivity index (χ1v) is 19.2. The summed E-state index contributed by atoms with van der Waals surface area (Å²) < 4.78 is 8.72. The highest BCUT2D eigenvalue weighted by Crippen LogP contribution is 2.46. The number of nitrogens with zero attached hydrogens (tertiary/aromatic N) is 4. The van der Waals surface area contributed by atoms with Gasteiger partial charge in [-0.15, -0.1) is 0 Å². The van der Waals surface area contributed by atoms with Crippen molar-refractivity contribution in [1.82, 2.24) is 9.78 Å². The zero-order chi connectivity index (χ0) is 38.6. The predicted octanol–water partition coefficient (Wildman–Crippen LogP) is 13.1. The number of aromatic nitrogens is 2. The fraction of sp³-hybridized carbons (Fsp3) is 0.327. The van der Waals surface area contributed by atoms with Gasteiger partial charge in [-0.2, -0.15) is 5.10 Å². The van der Waals surface area contributed by atoms with Crippen LogP contribution >= 0.6 is 0 Å². The Morgan fingerprint density at radius 1 is 0.463 bits per heavy atom. The molecule has 2 heterocycles. The molecular weight excluding hydrogens is 661 g/mol. The lowest BCUT2D eigenvalue weighted by molar-refractivity contribution is 0.478. The van der Waals surface area contributed by atoms with Gasteiger partial charge < -0.3 is 14.5 Å². The molecule has 0 atom stereocenters. The number of ether oxygens (including phenoxy) is 1. The highest BCUT2D eigenvalue weighted by Gasteiger charge is 2.31. The molecular formula is C49H56N4O. The first-order chi connectivity index (χ1) is 25.4. The van der Waals surface area contributed by atoms with Crippen LogP contribution < -0.4 is 14.5 Å². The molecule has 7 rings (SSSR count). The van der Waals surface area contributed by atoms with Crippen LogP contribution in [-0.4, -0.2) is 16.4 Å². The van der Waals surface area contributed by atoms with E-state index in [1.807, 2.05) is 16.9 Å². The molecule has 5 heteroatoms. The molecule has 0 amide bonds. The van der Waals surface area contributed by atoms with Gasteiger partial charge >= 0.3 is 0 Å². The molecule has 6 aromatic rings. The maximum absolute atomic E-state index is 6.74. The Hall–Kier alpha value is -5.29. The maximum atomic E-state index is 6.74. The standard InChI is InChI=1S/C49H56N4O/c1-46(2,3)35-24-36(47(4,5)6)26-40(25-35)52-33-51(44-22-15-16-23-45(44)52)39-20-17-21-42(29-39)54-43-28-37(48(7,8)9)27-41(30-43)53-32-38(31-50-53)49(10,11)34-18-13-12-14-19-34/h12-32H,33H2,1-11H3. The summed E-state index contributed by atoms with van der Waals surface area (Å²) in [6.07, 6.45) is 4.14. The third-order valence-electron chi connectivity index (χ3n) is 10.9. The molecule has 0 fully saturated rings. The van der Waals surface area contributed by atoms with Crippen molar-refractivity contribution >= 4 is 22.7 Å². The third-order valence-corrected chi connectivity index (χ3v) is 10.9. The second-order valence-corrected chi connectivity index (χ2v) is 18.5. The molecule has 0 unspecified atom stereocenters. The van der Waals surface area contributed by atoms with Crippen LogP contribution in [0, 0.1) is 0 Å². The fourth-order valence-electron chi connectivity index (χ4n) is 7.16. The smallest absolute Gasteiger partial charge is 0.129 e. The molecule has 1 aliphatic heterocycles. The van der Waals surface area contributed by atoms with E-state index in [9.17, 15) is 0 Å². The van der Waals surface area contributed by atoms with Gasteiger partial charge in [0.15, 0.2) is 0 Å². The Balaban J connectivity index is 1.21. The van der Waals surface area contributed by atoms with Gasteiger partial charge in [0.1, 0.15) is 18.2 Å². The van der Waals surface area contributed by atoms with E-state index in [4.69, 9.17) is 9.84 Å². The summed E-state index contributed by atoms with van der Waals surface area (Å²) in [4.78, 5) is 4.84. The van der Waals surface area contributed by atoms with Crippen molar-refractivity contribution in [1.29, 1.82) is 0 Å². The molecule has 0 saturated carbocycles. The molecule has 0 aliphatic carbocycles. The van der Waals surface area contributed by atoms with E-state index in [-0.39, 0.29) is 21.7 Å². The molecule has 5 nitrogen and oxygen atoms in total. The number of rotatable bonds is 7. The zero-order valence-electron chi connectivity index (χ0n) is 34.0. The average Bonchev–Trinajstić information content (AvgIpc) is 3.78. The molecule has 0 saturated heterocycles. The molecule has 0 radical (unpaired) electrons. The Labute approximate surface area is 323 Å². The van der Waals surface area contributed by atoms with Gasteiger partial charge in [-0.3, -0.25) is 0 Å². The lowest BCUT2D eigenvalue weighted by Gasteiger charge is -2.29. The van der Waals surface area contributed by atoms with Crippen molar-refractivity contribution in [2.75, 3.05) is 16.5 Å². The lowest BCUT2D eigenvalue weighted by Crippen LogP contribution is -2.25. The minimum atomic E-state index is -0.186.